The van der Waals surface area contributed by atoms with Crippen LogP contribution in [0.25, 0.3) is 0 Å². The quantitative estimate of drug-likeness (QED) is 0.438. The Hall–Kier alpha value is -1.57. The predicted molar refractivity (Wildman–Crippen MR) is 103 cm³/mol. The molecule has 2 nitrogen and oxygen atoms in total. The molecule has 0 aromatic rings. The van der Waals surface area contributed by atoms with Crippen LogP contribution in [0.3, 0.4) is 0 Å². The van der Waals surface area contributed by atoms with Crippen molar-refractivity contribution in [1.29, 1.82) is 0 Å². The molecule has 1 aliphatic carbocycles. The standard InChI is InChI=1S/C22H34O2/c1-16(2)21-14-13-18(4)11-7-9-17(3)10-8-12-19(5)15-22(21)24-20(6)23/h10-11,15,21-22H,1,7-9,12-14H2,2-6H3. The minimum Gasteiger partial charge on any atom is -0.458 e. The molecule has 0 radical (unpaired) electrons. The summed E-state index contributed by atoms with van der Waals surface area (Å²) in [6.45, 7) is 14.2. The fourth-order valence-corrected chi connectivity index (χ4v) is 3.16. The Kier molecular flexibility index (Phi) is 8.81. The molecule has 0 aromatic carbocycles. The van der Waals surface area contributed by atoms with Crippen LogP contribution in [-0.2, 0) is 9.53 Å². The van der Waals surface area contributed by atoms with E-state index in [1.54, 1.807) is 0 Å². The Morgan fingerprint density at radius 3 is 2.08 bits per heavy atom. The maximum atomic E-state index is 11.6. The average molecular weight is 331 g/mol. The van der Waals surface area contributed by atoms with Crippen molar-refractivity contribution in [2.24, 2.45) is 5.92 Å². The molecule has 0 amide bonds. The lowest BCUT2D eigenvalue weighted by Crippen LogP contribution is -2.25. The van der Waals surface area contributed by atoms with E-state index in [9.17, 15) is 4.79 Å². The van der Waals surface area contributed by atoms with Crippen molar-refractivity contribution in [2.45, 2.75) is 79.2 Å². The van der Waals surface area contributed by atoms with E-state index in [1.807, 2.05) is 6.92 Å². The molecule has 2 heteroatoms. The van der Waals surface area contributed by atoms with Gasteiger partial charge in [0.2, 0.25) is 0 Å². The van der Waals surface area contributed by atoms with E-state index >= 15 is 0 Å². The molecule has 0 aliphatic heterocycles. The van der Waals surface area contributed by atoms with E-state index in [-0.39, 0.29) is 18.0 Å². The van der Waals surface area contributed by atoms with Gasteiger partial charge in [-0.2, -0.15) is 0 Å². The summed E-state index contributed by atoms with van der Waals surface area (Å²) in [7, 11) is 0. The topological polar surface area (TPSA) is 26.3 Å². The molecule has 0 heterocycles. The normalized spacial score (nSPS) is 24.1. The van der Waals surface area contributed by atoms with Gasteiger partial charge in [0.1, 0.15) is 6.10 Å². The van der Waals surface area contributed by atoms with E-state index in [4.69, 9.17) is 4.74 Å². The number of allylic oxidation sites excluding steroid dienone is 5. The molecule has 0 N–H and O–H groups in total. The summed E-state index contributed by atoms with van der Waals surface area (Å²) < 4.78 is 5.64. The van der Waals surface area contributed by atoms with E-state index in [2.05, 4.69) is 45.6 Å². The van der Waals surface area contributed by atoms with Crippen molar-refractivity contribution in [2.75, 3.05) is 0 Å². The zero-order valence-electron chi connectivity index (χ0n) is 16.2. The number of hydrogen-bond acceptors (Lipinski definition) is 2. The molecule has 2 atom stereocenters. The van der Waals surface area contributed by atoms with Gasteiger partial charge in [-0.3, -0.25) is 4.79 Å². The summed E-state index contributed by atoms with van der Waals surface area (Å²) in [6, 6.07) is 0. The Labute approximate surface area is 148 Å². The Morgan fingerprint density at radius 1 is 1.00 bits per heavy atom. The Bertz CT molecular complexity index is 534. The van der Waals surface area contributed by atoms with Gasteiger partial charge >= 0.3 is 5.97 Å². The first kappa shape index (κ1) is 20.5. The molecule has 0 spiro atoms. The molecule has 0 saturated carbocycles. The second-order valence-corrected chi connectivity index (χ2v) is 7.26. The highest BCUT2D eigenvalue weighted by Crippen LogP contribution is 2.27. The van der Waals surface area contributed by atoms with Crippen LogP contribution in [0.4, 0.5) is 0 Å². The highest BCUT2D eigenvalue weighted by Gasteiger charge is 2.23. The fourth-order valence-electron chi connectivity index (χ4n) is 3.16. The SMILES string of the molecule is C=C(C)C1CCC(C)=CCCC(C)=CCCC(C)=CC1OC(C)=O. The van der Waals surface area contributed by atoms with Gasteiger partial charge in [0.25, 0.3) is 0 Å². The number of carbonyl (C=O) groups is 1. The van der Waals surface area contributed by atoms with Crippen LogP contribution in [0, 0.1) is 5.92 Å². The highest BCUT2D eigenvalue weighted by molar-refractivity contribution is 5.66. The highest BCUT2D eigenvalue weighted by atomic mass is 16.5. The number of esters is 1. The second-order valence-electron chi connectivity index (χ2n) is 7.26. The van der Waals surface area contributed by atoms with Gasteiger partial charge in [-0.25, -0.2) is 0 Å². The molecule has 0 saturated heterocycles. The predicted octanol–water partition coefficient (Wildman–Crippen LogP) is 6.30. The van der Waals surface area contributed by atoms with Gasteiger partial charge < -0.3 is 4.74 Å². The van der Waals surface area contributed by atoms with Crippen molar-refractivity contribution in [3.05, 3.63) is 47.1 Å². The average Bonchev–Trinajstić information content (AvgIpc) is 2.45. The maximum Gasteiger partial charge on any atom is 0.303 e. The van der Waals surface area contributed by atoms with Crippen LogP contribution < -0.4 is 0 Å². The van der Waals surface area contributed by atoms with E-state index in [0.29, 0.717) is 0 Å². The molecule has 24 heavy (non-hydrogen) atoms. The summed E-state index contributed by atoms with van der Waals surface area (Å²) in [6.07, 6.45) is 12.9. The molecule has 1 rings (SSSR count). The van der Waals surface area contributed by atoms with Crippen molar-refractivity contribution >= 4 is 5.97 Å². The number of hydrogen-bond donors (Lipinski definition) is 0. The lowest BCUT2D eigenvalue weighted by Gasteiger charge is -2.26. The van der Waals surface area contributed by atoms with E-state index in [0.717, 1.165) is 44.1 Å². The third-order valence-corrected chi connectivity index (χ3v) is 4.69. The summed E-state index contributed by atoms with van der Waals surface area (Å²) >= 11 is 0. The van der Waals surface area contributed by atoms with Crippen LogP contribution in [0.2, 0.25) is 0 Å². The zero-order valence-corrected chi connectivity index (χ0v) is 16.2. The second kappa shape index (κ2) is 10.3. The number of rotatable bonds is 2. The molecular formula is C22H34O2. The van der Waals surface area contributed by atoms with Gasteiger partial charge in [0.15, 0.2) is 0 Å². The van der Waals surface area contributed by atoms with E-state index < -0.39 is 0 Å². The van der Waals surface area contributed by atoms with Crippen LogP contribution in [0.1, 0.15) is 73.1 Å². The van der Waals surface area contributed by atoms with Gasteiger partial charge in [0, 0.05) is 12.8 Å². The smallest absolute Gasteiger partial charge is 0.303 e. The first-order chi connectivity index (χ1) is 11.3. The first-order valence-electron chi connectivity index (χ1n) is 9.10. The third-order valence-electron chi connectivity index (χ3n) is 4.69. The van der Waals surface area contributed by atoms with Crippen molar-refractivity contribution in [1.82, 2.24) is 0 Å². The molecule has 1 aliphatic rings. The third kappa shape index (κ3) is 7.81. The summed E-state index contributed by atoms with van der Waals surface area (Å²) in [5, 5.41) is 0. The number of ether oxygens (including phenoxy) is 1. The summed E-state index contributed by atoms with van der Waals surface area (Å²) in [5.41, 5.74) is 5.23. The van der Waals surface area contributed by atoms with Crippen molar-refractivity contribution < 1.29 is 9.53 Å². The Balaban J connectivity index is 3.08. The van der Waals surface area contributed by atoms with Crippen LogP contribution in [0.15, 0.2) is 47.1 Å². The van der Waals surface area contributed by atoms with Gasteiger partial charge in [-0.05, 0) is 72.3 Å². The molecular weight excluding hydrogens is 296 g/mol. The van der Waals surface area contributed by atoms with Crippen molar-refractivity contribution in [3.63, 3.8) is 0 Å². The van der Waals surface area contributed by atoms with Crippen LogP contribution in [0.5, 0.6) is 0 Å². The molecule has 0 bridgehead atoms. The van der Waals surface area contributed by atoms with Crippen molar-refractivity contribution in [3.8, 4) is 0 Å². The monoisotopic (exact) mass is 330 g/mol. The molecule has 0 aromatic heterocycles. The van der Waals surface area contributed by atoms with E-state index in [1.165, 1.54) is 23.6 Å². The zero-order chi connectivity index (χ0) is 18.1. The molecule has 0 fully saturated rings. The lowest BCUT2D eigenvalue weighted by molar-refractivity contribution is -0.145. The summed E-state index contributed by atoms with van der Waals surface area (Å²) in [4.78, 5) is 11.6. The summed E-state index contributed by atoms with van der Waals surface area (Å²) in [5.74, 6) is -0.0492. The first-order valence-corrected chi connectivity index (χ1v) is 9.10. The number of carbonyl (C=O) groups excluding carboxylic acids is 1. The van der Waals surface area contributed by atoms with Gasteiger partial charge in [0.05, 0.1) is 0 Å². The van der Waals surface area contributed by atoms with Crippen LogP contribution >= 0.6 is 0 Å². The lowest BCUT2D eigenvalue weighted by atomic mass is 9.87. The van der Waals surface area contributed by atoms with Gasteiger partial charge in [-0.15, -0.1) is 0 Å². The largest absolute Gasteiger partial charge is 0.458 e. The minimum absolute atomic E-state index is 0.174. The maximum absolute atomic E-state index is 11.6. The fraction of sp³-hybridized carbons (Fsp3) is 0.591. The van der Waals surface area contributed by atoms with Gasteiger partial charge in [-0.1, -0.05) is 41.0 Å². The minimum atomic E-state index is -0.223. The molecule has 134 valence electrons. The van der Waals surface area contributed by atoms with Crippen LogP contribution in [-0.4, -0.2) is 12.1 Å². The Morgan fingerprint density at radius 2 is 1.54 bits per heavy atom. The molecule has 2 unspecified atom stereocenters.